The molecule has 6 nitrogen and oxygen atoms in total. The van der Waals surface area contributed by atoms with Crippen LogP contribution in [0.3, 0.4) is 0 Å². The van der Waals surface area contributed by atoms with Crippen molar-refractivity contribution in [2.24, 2.45) is 0 Å². The lowest BCUT2D eigenvalue weighted by molar-refractivity contribution is -0.0573. The number of rotatable bonds is 6. The van der Waals surface area contributed by atoms with E-state index in [1.165, 1.54) is 0 Å². The zero-order valence-electron chi connectivity index (χ0n) is 12.6. The number of halogens is 1. The van der Waals surface area contributed by atoms with Crippen LogP contribution in [0.2, 0.25) is 5.02 Å². The van der Waals surface area contributed by atoms with E-state index >= 15 is 0 Å². The number of aromatic nitrogens is 2. The van der Waals surface area contributed by atoms with Crippen molar-refractivity contribution in [3.8, 4) is 0 Å². The van der Waals surface area contributed by atoms with Crippen molar-refractivity contribution in [2.45, 2.75) is 31.8 Å². The molecule has 118 valence electrons. The average Bonchev–Trinajstić information content (AvgIpc) is 2.46. The van der Waals surface area contributed by atoms with Crippen LogP contribution >= 0.6 is 11.6 Å². The number of aliphatic hydroxyl groups is 1. The van der Waals surface area contributed by atoms with E-state index in [9.17, 15) is 5.11 Å². The predicted molar refractivity (Wildman–Crippen MR) is 84.1 cm³/mol. The minimum Gasteiger partial charge on any atom is -0.388 e. The maximum absolute atomic E-state index is 10.6. The Hall–Kier alpha value is -1.11. The molecule has 7 heteroatoms. The number of anilines is 2. The summed E-state index contributed by atoms with van der Waals surface area (Å²) in [5, 5.41) is 14.2. The molecular formula is C14H23ClN4O2. The van der Waals surface area contributed by atoms with Gasteiger partial charge in [-0.05, 0) is 6.42 Å². The second-order valence-corrected chi connectivity index (χ2v) is 5.89. The van der Waals surface area contributed by atoms with Crippen LogP contribution in [0.5, 0.6) is 0 Å². The summed E-state index contributed by atoms with van der Waals surface area (Å²) in [5.41, 5.74) is -0.752. The summed E-state index contributed by atoms with van der Waals surface area (Å²) in [6, 6.07) is 0. The van der Waals surface area contributed by atoms with Gasteiger partial charge in [-0.15, -0.1) is 0 Å². The summed E-state index contributed by atoms with van der Waals surface area (Å²) in [7, 11) is 1.88. The highest BCUT2D eigenvalue weighted by Gasteiger charge is 2.32. The van der Waals surface area contributed by atoms with Gasteiger partial charge in [-0.25, -0.2) is 4.98 Å². The van der Waals surface area contributed by atoms with Crippen LogP contribution in [0.25, 0.3) is 0 Å². The highest BCUT2D eigenvalue weighted by Crippen LogP contribution is 2.27. The smallest absolute Gasteiger partial charge is 0.224 e. The van der Waals surface area contributed by atoms with Gasteiger partial charge in [0.05, 0.1) is 11.8 Å². The maximum Gasteiger partial charge on any atom is 0.224 e. The zero-order valence-corrected chi connectivity index (χ0v) is 13.4. The zero-order chi connectivity index (χ0) is 15.3. The fourth-order valence-corrected chi connectivity index (χ4v) is 2.61. The highest BCUT2D eigenvalue weighted by atomic mass is 35.5. The van der Waals surface area contributed by atoms with Gasteiger partial charge in [0.2, 0.25) is 5.95 Å². The van der Waals surface area contributed by atoms with E-state index in [0.717, 1.165) is 13.0 Å². The summed E-state index contributed by atoms with van der Waals surface area (Å²) >= 11 is 6.19. The summed E-state index contributed by atoms with van der Waals surface area (Å²) in [6.07, 6.45) is 3.84. The molecular weight excluding hydrogens is 292 g/mol. The standard InChI is InChI=1S/C14H23ClN4O2/c1-3-6-16-13-17-9-11(15)12(18-13)19(2)10-14(20)4-7-21-8-5-14/h9,20H,3-8,10H2,1-2H3,(H,16,17,18). The first-order valence-corrected chi connectivity index (χ1v) is 7.69. The summed E-state index contributed by atoms with van der Waals surface area (Å²) in [6.45, 7) is 4.54. The van der Waals surface area contributed by atoms with Crippen molar-refractivity contribution in [2.75, 3.05) is 43.6 Å². The minimum absolute atomic E-state index is 0.473. The van der Waals surface area contributed by atoms with Gasteiger partial charge in [0.1, 0.15) is 5.02 Å². The van der Waals surface area contributed by atoms with Crippen LogP contribution in [-0.2, 0) is 4.74 Å². The van der Waals surface area contributed by atoms with Crippen molar-refractivity contribution in [3.63, 3.8) is 0 Å². The van der Waals surface area contributed by atoms with E-state index < -0.39 is 5.60 Å². The van der Waals surface area contributed by atoms with E-state index in [0.29, 0.717) is 49.4 Å². The van der Waals surface area contributed by atoms with Gasteiger partial charge >= 0.3 is 0 Å². The fourth-order valence-electron chi connectivity index (χ4n) is 2.37. The molecule has 0 unspecified atom stereocenters. The maximum atomic E-state index is 10.6. The average molecular weight is 315 g/mol. The highest BCUT2D eigenvalue weighted by molar-refractivity contribution is 6.32. The van der Waals surface area contributed by atoms with Crippen molar-refractivity contribution in [1.82, 2.24) is 9.97 Å². The second kappa shape index (κ2) is 7.24. The fraction of sp³-hybridized carbons (Fsp3) is 0.714. The monoisotopic (exact) mass is 314 g/mol. The normalized spacial score (nSPS) is 17.5. The Kier molecular flexibility index (Phi) is 5.61. The summed E-state index contributed by atoms with van der Waals surface area (Å²) in [5.74, 6) is 1.19. The van der Waals surface area contributed by atoms with Gasteiger partial charge in [-0.3, -0.25) is 0 Å². The Labute approximate surface area is 130 Å². The molecule has 2 rings (SSSR count). The molecule has 0 amide bonds. The van der Waals surface area contributed by atoms with Gasteiger partial charge in [0, 0.05) is 46.2 Å². The van der Waals surface area contributed by atoms with Gasteiger partial charge in [-0.2, -0.15) is 4.98 Å². The van der Waals surface area contributed by atoms with E-state index in [1.807, 2.05) is 11.9 Å². The number of ether oxygens (including phenoxy) is 1. The van der Waals surface area contributed by atoms with E-state index in [-0.39, 0.29) is 0 Å². The molecule has 1 aliphatic heterocycles. The third-order valence-corrected chi connectivity index (χ3v) is 3.84. The predicted octanol–water partition coefficient (Wildman–Crippen LogP) is 1.93. The molecule has 0 aromatic carbocycles. The Balaban J connectivity index is 2.08. The molecule has 0 aliphatic carbocycles. The van der Waals surface area contributed by atoms with Crippen molar-refractivity contribution in [1.29, 1.82) is 0 Å². The molecule has 1 aromatic heterocycles. The number of nitrogens with zero attached hydrogens (tertiary/aromatic N) is 3. The molecule has 0 atom stereocenters. The lowest BCUT2D eigenvalue weighted by atomic mass is 9.94. The number of hydrogen-bond donors (Lipinski definition) is 2. The van der Waals surface area contributed by atoms with Crippen LogP contribution in [0, 0.1) is 0 Å². The number of hydrogen-bond acceptors (Lipinski definition) is 6. The Morgan fingerprint density at radius 2 is 2.19 bits per heavy atom. The van der Waals surface area contributed by atoms with Crippen LogP contribution < -0.4 is 10.2 Å². The Morgan fingerprint density at radius 3 is 2.86 bits per heavy atom. The first-order chi connectivity index (χ1) is 10.0. The van der Waals surface area contributed by atoms with Crippen LogP contribution in [0.4, 0.5) is 11.8 Å². The molecule has 21 heavy (non-hydrogen) atoms. The molecule has 1 aromatic rings. The lowest BCUT2D eigenvalue weighted by Crippen LogP contribution is -2.46. The topological polar surface area (TPSA) is 70.5 Å². The molecule has 0 spiro atoms. The molecule has 1 fully saturated rings. The Morgan fingerprint density at radius 1 is 1.48 bits per heavy atom. The summed E-state index contributed by atoms with van der Waals surface area (Å²) < 4.78 is 5.30. The van der Waals surface area contributed by atoms with Crippen molar-refractivity contribution < 1.29 is 9.84 Å². The second-order valence-electron chi connectivity index (χ2n) is 5.48. The van der Waals surface area contributed by atoms with Crippen LogP contribution in [0.15, 0.2) is 6.20 Å². The lowest BCUT2D eigenvalue weighted by Gasteiger charge is -2.36. The molecule has 1 saturated heterocycles. The molecule has 0 bridgehead atoms. The van der Waals surface area contributed by atoms with Crippen LogP contribution in [0.1, 0.15) is 26.2 Å². The van der Waals surface area contributed by atoms with E-state index in [2.05, 4.69) is 22.2 Å². The number of likely N-dealkylation sites (N-methyl/N-ethyl adjacent to an activating group) is 1. The first-order valence-electron chi connectivity index (χ1n) is 7.32. The van der Waals surface area contributed by atoms with Gasteiger partial charge in [0.15, 0.2) is 5.82 Å². The van der Waals surface area contributed by atoms with Crippen molar-refractivity contribution in [3.05, 3.63) is 11.2 Å². The molecule has 0 radical (unpaired) electrons. The third kappa shape index (κ3) is 4.43. The molecule has 0 saturated carbocycles. The van der Waals surface area contributed by atoms with Crippen LogP contribution in [-0.4, -0.2) is 54.0 Å². The third-order valence-electron chi connectivity index (χ3n) is 3.58. The van der Waals surface area contributed by atoms with Gasteiger partial charge < -0.3 is 20.1 Å². The molecule has 2 heterocycles. The van der Waals surface area contributed by atoms with E-state index in [4.69, 9.17) is 16.3 Å². The molecule has 2 N–H and O–H groups in total. The van der Waals surface area contributed by atoms with Crippen molar-refractivity contribution >= 4 is 23.4 Å². The summed E-state index contributed by atoms with van der Waals surface area (Å²) in [4.78, 5) is 10.5. The largest absolute Gasteiger partial charge is 0.388 e. The first kappa shape index (κ1) is 16.3. The quantitative estimate of drug-likeness (QED) is 0.836. The van der Waals surface area contributed by atoms with Gasteiger partial charge in [-0.1, -0.05) is 18.5 Å². The Bertz CT molecular complexity index is 466. The van der Waals surface area contributed by atoms with Gasteiger partial charge in [0.25, 0.3) is 0 Å². The number of nitrogens with one attached hydrogen (secondary N) is 1. The molecule has 1 aliphatic rings. The SMILES string of the molecule is CCCNc1ncc(Cl)c(N(C)CC2(O)CCOCC2)n1. The van der Waals surface area contributed by atoms with E-state index in [1.54, 1.807) is 6.20 Å². The minimum atomic E-state index is -0.752.